The summed E-state index contributed by atoms with van der Waals surface area (Å²) in [5, 5.41) is 13.4. The van der Waals surface area contributed by atoms with Gasteiger partial charge in [-0.2, -0.15) is 0 Å². The number of benzene rings is 2. The van der Waals surface area contributed by atoms with Crippen LogP contribution in [0.15, 0.2) is 59.9 Å². The molecule has 1 unspecified atom stereocenters. The van der Waals surface area contributed by atoms with Gasteiger partial charge in [0.05, 0.1) is 18.7 Å². The summed E-state index contributed by atoms with van der Waals surface area (Å²) in [7, 11) is 1.53. The number of anilines is 2. The summed E-state index contributed by atoms with van der Waals surface area (Å²) in [6, 6.07) is 12.9. The molecule has 0 fully saturated rings. The standard InChI is InChI=1S/C24H26N2O5/c1-14(27)25-16-9-11-17(12-10-16)26-20(15-7-6-8-18(13-15)31-5)19(21(28)23(26)30)22(29)24(2,3)4/h6-13,20,28H,1-5H3,(H,25,27). The fourth-order valence-corrected chi connectivity index (χ4v) is 3.54. The second-order valence-corrected chi connectivity index (χ2v) is 8.42. The molecule has 0 saturated carbocycles. The largest absolute Gasteiger partial charge is 0.503 e. The molecule has 2 aromatic carbocycles. The van der Waals surface area contributed by atoms with Gasteiger partial charge in [0, 0.05) is 23.7 Å². The number of hydrogen-bond acceptors (Lipinski definition) is 5. The number of carbonyl (C=O) groups excluding carboxylic acids is 3. The Labute approximate surface area is 181 Å². The number of amides is 2. The van der Waals surface area contributed by atoms with E-state index in [-0.39, 0.29) is 17.3 Å². The van der Waals surface area contributed by atoms with Crippen LogP contribution in [0.5, 0.6) is 5.75 Å². The van der Waals surface area contributed by atoms with Gasteiger partial charge in [-0.25, -0.2) is 0 Å². The number of carbonyl (C=O) groups is 3. The molecule has 2 aromatic rings. The smallest absolute Gasteiger partial charge is 0.294 e. The quantitative estimate of drug-likeness (QED) is 0.754. The molecule has 0 bridgehead atoms. The van der Waals surface area contributed by atoms with E-state index in [2.05, 4.69) is 5.32 Å². The first-order valence-corrected chi connectivity index (χ1v) is 9.87. The molecule has 0 aromatic heterocycles. The number of ether oxygens (including phenoxy) is 1. The van der Waals surface area contributed by atoms with Crippen LogP contribution in [0.2, 0.25) is 0 Å². The van der Waals surface area contributed by atoms with Crippen molar-refractivity contribution in [1.82, 2.24) is 0 Å². The van der Waals surface area contributed by atoms with Gasteiger partial charge in [0.15, 0.2) is 11.5 Å². The zero-order valence-corrected chi connectivity index (χ0v) is 18.2. The molecule has 1 atom stereocenters. The summed E-state index contributed by atoms with van der Waals surface area (Å²) in [5.74, 6) is -1.17. The maximum atomic E-state index is 13.2. The maximum Gasteiger partial charge on any atom is 0.294 e. The molecule has 1 aliphatic heterocycles. The Morgan fingerprint density at radius 2 is 1.74 bits per heavy atom. The van der Waals surface area contributed by atoms with Crippen molar-refractivity contribution in [2.24, 2.45) is 5.41 Å². The SMILES string of the molecule is COc1cccc(C2C(C(=O)C(C)(C)C)=C(O)C(=O)N2c2ccc(NC(C)=O)cc2)c1. The molecule has 1 heterocycles. The highest BCUT2D eigenvalue weighted by Gasteiger charge is 2.46. The third kappa shape index (κ3) is 4.30. The van der Waals surface area contributed by atoms with Crippen LogP contribution in [0.4, 0.5) is 11.4 Å². The average Bonchev–Trinajstić information content (AvgIpc) is 2.98. The second kappa shape index (κ2) is 8.26. The van der Waals surface area contributed by atoms with Crippen molar-refractivity contribution in [1.29, 1.82) is 0 Å². The van der Waals surface area contributed by atoms with E-state index >= 15 is 0 Å². The van der Waals surface area contributed by atoms with E-state index in [1.165, 1.54) is 18.9 Å². The Bertz CT molecular complexity index is 1060. The van der Waals surface area contributed by atoms with Gasteiger partial charge < -0.3 is 15.2 Å². The van der Waals surface area contributed by atoms with Crippen molar-refractivity contribution in [2.75, 3.05) is 17.3 Å². The zero-order valence-electron chi connectivity index (χ0n) is 18.2. The highest BCUT2D eigenvalue weighted by Crippen LogP contribution is 2.44. The number of aliphatic hydroxyl groups is 1. The topological polar surface area (TPSA) is 95.9 Å². The molecular formula is C24H26N2O5. The highest BCUT2D eigenvalue weighted by molar-refractivity contribution is 6.17. The van der Waals surface area contributed by atoms with Gasteiger partial charge in [0.1, 0.15) is 5.75 Å². The molecule has 0 spiro atoms. The Kier molecular flexibility index (Phi) is 5.88. The van der Waals surface area contributed by atoms with Crippen LogP contribution < -0.4 is 15.0 Å². The Morgan fingerprint density at radius 3 is 2.29 bits per heavy atom. The summed E-state index contributed by atoms with van der Waals surface area (Å²) in [5.41, 5.74) is 0.942. The lowest BCUT2D eigenvalue weighted by molar-refractivity contribution is -0.123. The predicted octanol–water partition coefficient (Wildman–Crippen LogP) is 4.17. The van der Waals surface area contributed by atoms with Crippen molar-refractivity contribution in [3.8, 4) is 5.75 Å². The third-order valence-electron chi connectivity index (χ3n) is 5.01. The number of hydrogen-bond donors (Lipinski definition) is 2. The van der Waals surface area contributed by atoms with E-state index in [0.29, 0.717) is 22.7 Å². The van der Waals surface area contributed by atoms with Crippen LogP contribution >= 0.6 is 0 Å². The molecule has 1 aliphatic rings. The number of nitrogens with zero attached hydrogens (tertiary/aromatic N) is 1. The summed E-state index contributed by atoms with van der Waals surface area (Å²) in [6.07, 6.45) is 0. The van der Waals surface area contributed by atoms with Crippen molar-refractivity contribution in [3.63, 3.8) is 0 Å². The van der Waals surface area contributed by atoms with E-state index in [1.807, 2.05) is 0 Å². The fourth-order valence-electron chi connectivity index (χ4n) is 3.54. The van der Waals surface area contributed by atoms with Gasteiger partial charge in [-0.05, 0) is 42.0 Å². The van der Waals surface area contributed by atoms with Crippen LogP contribution in [0.1, 0.15) is 39.3 Å². The van der Waals surface area contributed by atoms with Crippen LogP contribution in [-0.2, 0) is 14.4 Å². The van der Waals surface area contributed by atoms with Crippen molar-refractivity contribution in [2.45, 2.75) is 33.7 Å². The van der Waals surface area contributed by atoms with Crippen LogP contribution in [0.25, 0.3) is 0 Å². The molecule has 0 aliphatic carbocycles. The van der Waals surface area contributed by atoms with E-state index in [9.17, 15) is 19.5 Å². The first kappa shape index (κ1) is 22.1. The van der Waals surface area contributed by atoms with Gasteiger partial charge in [0.25, 0.3) is 5.91 Å². The van der Waals surface area contributed by atoms with Crippen molar-refractivity contribution < 1.29 is 24.2 Å². The normalized spacial score (nSPS) is 16.5. The zero-order chi connectivity index (χ0) is 22.9. The first-order valence-electron chi connectivity index (χ1n) is 9.87. The molecule has 0 radical (unpaired) electrons. The molecule has 7 nitrogen and oxygen atoms in total. The number of rotatable bonds is 5. The lowest BCUT2D eigenvalue weighted by Gasteiger charge is -2.29. The second-order valence-electron chi connectivity index (χ2n) is 8.42. The monoisotopic (exact) mass is 422 g/mol. The lowest BCUT2D eigenvalue weighted by Crippen LogP contribution is -2.32. The first-order chi connectivity index (χ1) is 14.5. The predicted molar refractivity (Wildman–Crippen MR) is 118 cm³/mol. The summed E-state index contributed by atoms with van der Waals surface area (Å²) in [4.78, 5) is 39.0. The molecule has 0 saturated heterocycles. The molecular weight excluding hydrogens is 396 g/mol. The summed E-state index contributed by atoms with van der Waals surface area (Å²) < 4.78 is 5.32. The molecule has 2 amide bonds. The van der Waals surface area contributed by atoms with Crippen molar-refractivity contribution in [3.05, 3.63) is 65.4 Å². The summed E-state index contributed by atoms with van der Waals surface area (Å²) >= 11 is 0. The fraction of sp³-hybridized carbons (Fsp3) is 0.292. The highest BCUT2D eigenvalue weighted by atomic mass is 16.5. The average molecular weight is 422 g/mol. The van der Waals surface area contributed by atoms with E-state index < -0.39 is 23.1 Å². The van der Waals surface area contributed by atoms with E-state index in [4.69, 9.17) is 4.74 Å². The van der Waals surface area contributed by atoms with Crippen LogP contribution in [0, 0.1) is 5.41 Å². The minimum atomic E-state index is -0.819. The molecule has 2 N–H and O–H groups in total. The van der Waals surface area contributed by atoms with Gasteiger partial charge >= 0.3 is 0 Å². The Balaban J connectivity index is 2.14. The van der Waals surface area contributed by atoms with E-state index in [0.717, 1.165) is 0 Å². The lowest BCUT2D eigenvalue weighted by atomic mass is 9.82. The molecule has 7 heteroatoms. The number of ketones is 1. The van der Waals surface area contributed by atoms with Crippen LogP contribution in [-0.4, -0.2) is 29.8 Å². The van der Waals surface area contributed by atoms with Crippen molar-refractivity contribution >= 4 is 29.0 Å². The Hall–Kier alpha value is -3.61. The Morgan fingerprint density at radius 1 is 1.10 bits per heavy atom. The van der Waals surface area contributed by atoms with Crippen LogP contribution in [0.3, 0.4) is 0 Å². The maximum absolute atomic E-state index is 13.2. The number of nitrogens with one attached hydrogen (secondary N) is 1. The number of aliphatic hydroxyl groups excluding tert-OH is 1. The molecule has 162 valence electrons. The van der Waals surface area contributed by atoms with E-state index in [1.54, 1.807) is 69.3 Å². The summed E-state index contributed by atoms with van der Waals surface area (Å²) in [6.45, 7) is 6.64. The molecule has 3 rings (SSSR count). The number of Topliss-reactive ketones (excluding diaryl/α,β-unsaturated/α-hetero) is 1. The van der Waals surface area contributed by atoms with Gasteiger partial charge in [-0.3, -0.25) is 19.3 Å². The van der Waals surface area contributed by atoms with Gasteiger partial charge in [-0.1, -0.05) is 32.9 Å². The van der Waals surface area contributed by atoms with Gasteiger partial charge in [0.2, 0.25) is 5.91 Å². The molecule has 31 heavy (non-hydrogen) atoms. The van der Waals surface area contributed by atoms with Gasteiger partial charge in [-0.15, -0.1) is 0 Å². The minimum absolute atomic E-state index is 0.0525. The number of methoxy groups -OCH3 is 1. The minimum Gasteiger partial charge on any atom is -0.503 e. The third-order valence-corrected chi connectivity index (χ3v) is 5.01.